The maximum atomic E-state index is 11.6. The van der Waals surface area contributed by atoms with Gasteiger partial charge in [0.1, 0.15) is 11.3 Å². The van der Waals surface area contributed by atoms with E-state index in [9.17, 15) is 9.59 Å². The largest absolute Gasteiger partial charge is 0.444 e. The van der Waals surface area contributed by atoms with Crippen molar-refractivity contribution in [3.8, 4) is 0 Å². The first-order valence-electron chi connectivity index (χ1n) is 5.26. The second kappa shape index (κ2) is 4.99. The smallest absolute Gasteiger partial charge is 0.408 e. The number of nitrogens with zero attached hydrogens (tertiary/aromatic N) is 2. The molecule has 1 aromatic rings. The number of ether oxygens (including phenoxy) is 1. The Kier molecular flexibility index (Phi) is 3.88. The van der Waals surface area contributed by atoms with E-state index in [1.54, 1.807) is 38.6 Å². The Labute approximate surface area is 100.0 Å². The lowest BCUT2D eigenvalue weighted by molar-refractivity contribution is 0.0520. The van der Waals surface area contributed by atoms with Gasteiger partial charge in [-0.2, -0.15) is 0 Å². The summed E-state index contributed by atoms with van der Waals surface area (Å²) in [5.74, 6) is -0.253. The van der Waals surface area contributed by atoms with E-state index in [1.165, 1.54) is 6.33 Å². The Balaban J connectivity index is 2.41. The van der Waals surface area contributed by atoms with Gasteiger partial charge in [-0.3, -0.25) is 4.79 Å². The quantitative estimate of drug-likeness (QED) is 0.802. The lowest BCUT2D eigenvalue weighted by Gasteiger charge is -2.19. The minimum Gasteiger partial charge on any atom is -0.444 e. The first-order valence-corrected chi connectivity index (χ1v) is 5.26. The third kappa shape index (κ3) is 4.67. The summed E-state index contributed by atoms with van der Waals surface area (Å²) in [5.41, 5.74) is -0.249. The highest BCUT2D eigenvalue weighted by Crippen LogP contribution is 2.06. The van der Waals surface area contributed by atoms with Crippen LogP contribution >= 0.6 is 0 Å². The predicted octanol–water partition coefficient (Wildman–Crippen LogP) is 1.13. The van der Waals surface area contributed by atoms with Crippen LogP contribution < -0.4 is 5.32 Å². The number of hydrogen-bond acceptors (Lipinski definition) is 4. The van der Waals surface area contributed by atoms with E-state index in [1.807, 2.05) is 0 Å². The van der Waals surface area contributed by atoms with Gasteiger partial charge < -0.3 is 14.6 Å². The Morgan fingerprint density at radius 1 is 1.47 bits per heavy atom. The van der Waals surface area contributed by atoms with Crippen LogP contribution in [0.5, 0.6) is 0 Å². The zero-order chi connectivity index (χ0) is 13.1. The minimum absolute atomic E-state index is 0.119. The van der Waals surface area contributed by atoms with Gasteiger partial charge in [-0.1, -0.05) is 0 Å². The Morgan fingerprint density at radius 3 is 2.59 bits per heavy atom. The standard InChI is InChI=1S/C11H17N3O3/c1-11(2,3)17-10(16)12-5-9(15)8-6-14(4)7-13-8/h6-7H,5H2,1-4H3,(H,12,16). The molecule has 94 valence electrons. The maximum Gasteiger partial charge on any atom is 0.408 e. The average molecular weight is 239 g/mol. The molecule has 1 amide bonds. The van der Waals surface area contributed by atoms with Gasteiger partial charge in [0.05, 0.1) is 12.9 Å². The zero-order valence-electron chi connectivity index (χ0n) is 10.5. The normalized spacial score (nSPS) is 11.1. The van der Waals surface area contributed by atoms with Crippen LogP contribution in [0.15, 0.2) is 12.5 Å². The summed E-state index contributed by atoms with van der Waals surface area (Å²) in [6.45, 7) is 5.15. The SMILES string of the molecule is Cn1cnc(C(=O)CNC(=O)OC(C)(C)C)c1. The molecule has 1 heterocycles. The molecule has 1 N–H and O–H groups in total. The van der Waals surface area contributed by atoms with Crippen molar-refractivity contribution in [3.05, 3.63) is 18.2 Å². The molecule has 0 saturated heterocycles. The van der Waals surface area contributed by atoms with Gasteiger partial charge in [0, 0.05) is 13.2 Å². The molecular weight excluding hydrogens is 222 g/mol. The number of aromatic nitrogens is 2. The number of carbonyl (C=O) groups is 2. The van der Waals surface area contributed by atoms with Gasteiger partial charge in [-0.25, -0.2) is 9.78 Å². The Hall–Kier alpha value is -1.85. The highest BCUT2D eigenvalue weighted by atomic mass is 16.6. The second-order valence-electron chi connectivity index (χ2n) is 4.70. The van der Waals surface area contributed by atoms with Crippen molar-refractivity contribution in [1.82, 2.24) is 14.9 Å². The molecule has 0 spiro atoms. The third-order valence-electron chi connectivity index (χ3n) is 1.78. The number of carbonyl (C=O) groups excluding carboxylic acids is 2. The lowest BCUT2D eigenvalue weighted by Crippen LogP contribution is -2.35. The fourth-order valence-electron chi connectivity index (χ4n) is 1.11. The van der Waals surface area contributed by atoms with E-state index in [2.05, 4.69) is 10.3 Å². The fourth-order valence-corrected chi connectivity index (χ4v) is 1.11. The minimum atomic E-state index is -0.609. The van der Waals surface area contributed by atoms with Gasteiger partial charge in [-0.05, 0) is 20.8 Å². The predicted molar refractivity (Wildman–Crippen MR) is 61.8 cm³/mol. The van der Waals surface area contributed by atoms with Crippen LogP contribution in [0.25, 0.3) is 0 Å². The number of alkyl carbamates (subject to hydrolysis) is 1. The summed E-state index contributed by atoms with van der Waals surface area (Å²) in [5, 5.41) is 2.39. The van der Waals surface area contributed by atoms with Crippen LogP contribution in [0, 0.1) is 0 Å². The van der Waals surface area contributed by atoms with E-state index in [0.717, 1.165) is 0 Å². The van der Waals surface area contributed by atoms with Crippen LogP contribution in [0.1, 0.15) is 31.3 Å². The summed E-state index contributed by atoms with van der Waals surface area (Å²) in [6.07, 6.45) is 2.52. The number of amides is 1. The monoisotopic (exact) mass is 239 g/mol. The molecule has 0 aliphatic carbocycles. The van der Waals surface area contributed by atoms with E-state index in [0.29, 0.717) is 5.69 Å². The van der Waals surface area contributed by atoms with Crippen LogP contribution in [-0.4, -0.2) is 33.6 Å². The first kappa shape index (κ1) is 13.2. The van der Waals surface area contributed by atoms with Crippen molar-refractivity contribution in [1.29, 1.82) is 0 Å². The topological polar surface area (TPSA) is 73.2 Å². The highest BCUT2D eigenvalue weighted by molar-refractivity contribution is 5.97. The molecule has 0 aliphatic rings. The van der Waals surface area contributed by atoms with Crippen molar-refractivity contribution in [2.24, 2.45) is 7.05 Å². The Bertz CT molecular complexity index is 418. The number of aryl methyl sites for hydroxylation is 1. The van der Waals surface area contributed by atoms with Crippen molar-refractivity contribution in [2.75, 3.05) is 6.54 Å². The molecule has 0 fully saturated rings. The molecule has 0 aromatic carbocycles. The molecule has 1 rings (SSSR count). The number of Topliss-reactive ketones (excluding diaryl/α,β-unsaturated/α-hetero) is 1. The summed E-state index contributed by atoms with van der Waals surface area (Å²) < 4.78 is 6.67. The summed E-state index contributed by atoms with van der Waals surface area (Å²) in [6, 6.07) is 0. The average Bonchev–Trinajstić information content (AvgIpc) is 2.58. The molecule has 6 nitrogen and oxygen atoms in total. The van der Waals surface area contributed by atoms with Gasteiger partial charge in [-0.15, -0.1) is 0 Å². The number of imidazole rings is 1. The number of nitrogens with one attached hydrogen (secondary N) is 1. The highest BCUT2D eigenvalue weighted by Gasteiger charge is 2.17. The van der Waals surface area contributed by atoms with Crippen molar-refractivity contribution < 1.29 is 14.3 Å². The molecule has 0 aliphatic heterocycles. The molecule has 0 unspecified atom stereocenters. The van der Waals surface area contributed by atoms with Crippen LogP contribution in [-0.2, 0) is 11.8 Å². The molecule has 0 atom stereocenters. The van der Waals surface area contributed by atoms with E-state index >= 15 is 0 Å². The second-order valence-corrected chi connectivity index (χ2v) is 4.70. The van der Waals surface area contributed by atoms with Gasteiger partial charge in [0.2, 0.25) is 5.78 Å². The summed E-state index contributed by atoms with van der Waals surface area (Å²) in [4.78, 5) is 26.8. The maximum absolute atomic E-state index is 11.6. The molecule has 17 heavy (non-hydrogen) atoms. The lowest BCUT2D eigenvalue weighted by atomic mass is 10.2. The van der Waals surface area contributed by atoms with Gasteiger partial charge in [0.15, 0.2) is 0 Å². The fraction of sp³-hybridized carbons (Fsp3) is 0.545. The molecule has 1 aromatic heterocycles. The van der Waals surface area contributed by atoms with Crippen LogP contribution in [0.2, 0.25) is 0 Å². The summed E-state index contributed by atoms with van der Waals surface area (Å²) >= 11 is 0. The van der Waals surface area contributed by atoms with Gasteiger partial charge in [0.25, 0.3) is 0 Å². The van der Waals surface area contributed by atoms with Crippen molar-refractivity contribution >= 4 is 11.9 Å². The van der Waals surface area contributed by atoms with Crippen LogP contribution in [0.3, 0.4) is 0 Å². The van der Waals surface area contributed by atoms with E-state index < -0.39 is 11.7 Å². The summed E-state index contributed by atoms with van der Waals surface area (Å²) in [7, 11) is 1.77. The van der Waals surface area contributed by atoms with Gasteiger partial charge >= 0.3 is 6.09 Å². The number of ketones is 1. The molecule has 0 radical (unpaired) electrons. The van der Waals surface area contributed by atoms with E-state index in [4.69, 9.17) is 4.74 Å². The molecule has 0 bridgehead atoms. The molecule has 0 saturated carbocycles. The Morgan fingerprint density at radius 2 is 2.12 bits per heavy atom. The number of rotatable bonds is 3. The molecular formula is C11H17N3O3. The third-order valence-corrected chi connectivity index (χ3v) is 1.78. The first-order chi connectivity index (χ1) is 7.78. The van der Waals surface area contributed by atoms with Crippen molar-refractivity contribution in [3.63, 3.8) is 0 Å². The zero-order valence-corrected chi connectivity index (χ0v) is 10.5. The van der Waals surface area contributed by atoms with Crippen molar-refractivity contribution in [2.45, 2.75) is 26.4 Å². The number of hydrogen-bond donors (Lipinski definition) is 1. The molecule has 6 heteroatoms. The van der Waals surface area contributed by atoms with E-state index in [-0.39, 0.29) is 12.3 Å². The van der Waals surface area contributed by atoms with Crippen LogP contribution in [0.4, 0.5) is 4.79 Å².